The van der Waals surface area contributed by atoms with Crippen molar-refractivity contribution in [1.82, 2.24) is 16.3 Å². The quantitative estimate of drug-likeness (QED) is 0.439. The van der Waals surface area contributed by atoms with Crippen LogP contribution in [0.4, 0.5) is 0 Å². The fourth-order valence-electron chi connectivity index (χ4n) is 2.68. The number of hydrogen-bond donors (Lipinski definition) is 3. The van der Waals surface area contributed by atoms with Crippen molar-refractivity contribution in [2.75, 3.05) is 6.26 Å². The number of thioether (sulfide) groups is 1. The largest absolute Gasteiger partial charge is 0.271 e. The lowest BCUT2D eigenvalue weighted by Crippen LogP contribution is -2.41. The van der Waals surface area contributed by atoms with Gasteiger partial charge in [0.15, 0.2) is 0 Å². The summed E-state index contributed by atoms with van der Waals surface area (Å²) < 4.78 is 0. The van der Waals surface area contributed by atoms with E-state index in [1.54, 1.807) is 18.0 Å². The smallest absolute Gasteiger partial charge is 0.258 e. The Morgan fingerprint density at radius 3 is 2.56 bits per heavy atom. The first kappa shape index (κ1) is 17.7. The van der Waals surface area contributed by atoms with Gasteiger partial charge in [0.25, 0.3) is 5.91 Å². The van der Waals surface area contributed by atoms with Crippen molar-refractivity contribution in [3.8, 4) is 0 Å². The molecule has 1 aliphatic heterocycles. The van der Waals surface area contributed by atoms with E-state index in [2.05, 4.69) is 52.6 Å². The fraction of sp³-hybridized carbons (Fsp3) is 0.263. The number of hydrogen-bond acceptors (Lipinski definition) is 5. The lowest BCUT2D eigenvalue weighted by atomic mass is 10.0. The molecule has 1 heterocycles. The summed E-state index contributed by atoms with van der Waals surface area (Å²) in [5, 5.41) is 4.05. The minimum absolute atomic E-state index is 0.124. The van der Waals surface area contributed by atoms with Crippen LogP contribution in [0.2, 0.25) is 0 Å². The molecule has 1 saturated heterocycles. The second-order valence-electron chi connectivity index (χ2n) is 6.05. The third kappa shape index (κ3) is 4.69. The van der Waals surface area contributed by atoms with Crippen LogP contribution in [0.3, 0.4) is 0 Å². The molecule has 25 heavy (non-hydrogen) atoms. The number of rotatable bonds is 5. The number of hydrazine groups is 1. The van der Waals surface area contributed by atoms with E-state index >= 15 is 0 Å². The highest BCUT2D eigenvalue weighted by atomic mass is 32.2. The highest BCUT2D eigenvalue weighted by Crippen LogP contribution is 2.22. The van der Waals surface area contributed by atoms with E-state index in [1.807, 2.05) is 30.5 Å². The van der Waals surface area contributed by atoms with E-state index in [0.29, 0.717) is 6.42 Å². The second-order valence-corrected chi connectivity index (χ2v) is 6.93. The number of nitrogens with zero attached hydrogens (tertiary/aromatic N) is 1. The van der Waals surface area contributed by atoms with Crippen LogP contribution >= 0.6 is 11.8 Å². The maximum atomic E-state index is 12.2. The Labute approximate surface area is 152 Å². The van der Waals surface area contributed by atoms with Crippen molar-refractivity contribution < 1.29 is 4.79 Å². The molecule has 0 radical (unpaired) electrons. The van der Waals surface area contributed by atoms with Gasteiger partial charge in [-0.1, -0.05) is 42.0 Å². The minimum atomic E-state index is -0.303. The maximum absolute atomic E-state index is 12.2. The third-order valence-electron chi connectivity index (χ3n) is 4.20. The van der Waals surface area contributed by atoms with E-state index in [9.17, 15) is 4.79 Å². The summed E-state index contributed by atoms with van der Waals surface area (Å²) in [5.41, 5.74) is 12.2. The summed E-state index contributed by atoms with van der Waals surface area (Å²) in [6.07, 6.45) is 4.38. The molecule has 2 atom stereocenters. The van der Waals surface area contributed by atoms with Crippen molar-refractivity contribution in [2.45, 2.75) is 30.3 Å². The molecule has 1 fully saturated rings. The van der Waals surface area contributed by atoms with Gasteiger partial charge in [-0.15, -0.1) is 11.8 Å². The van der Waals surface area contributed by atoms with Gasteiger partial charge < -0.3 is 0 Å². The molecule has 2 aromatic rings. The van der Waals surface area contributed by atoms with E-state index < -0.39 is 0 Å². The third-order valence-corrected chi connectivity index (χ3v) is 4.95. The summed E-state index contributed by atoms with van der Waals surface area (Å²) in [6.45, 7) is 2.06. The molecule has 1 amide bonds. The Morgan fingerprint density at radius 2 is 1.88 bits per heavy atom. The summed E-state index contributed by atoms with van der Waals surface area (Å²) in [6, 6.07) is 16.2. The predicted octanol–water partition coefficient (Wildman–Crippen LogP) is 2.77. The van der Waals surface area contributed by atoms with Gasteiger partial charge in [0.05, 0.1) is 6.21 Å². The number of hydrazone groups is 1. The summed E-state index contributed by atoms with van der Waals surface area (Å²) in [5.74, 6) is -0.140. The van der Waals surface area contributed by atoms with Crippen LogP contribution in [-0.4, -0.2) is 24.4 Å². The number of aryl methyl sites for hydroxylation is 1. The van der Waals surface area contributed by atoms with Crippen molar-refractivity contribution in [1.29, 1.82) is 0 Å². The van der Waals surface area contributed by atoms with Crippen LogP contribution in [0.1, 0.15) is 29.2 Å². The van der Waals surface area contributed by atoms with Crippen LogP contribution in [0, 0.1) is 6.92 Å². The molecular formula is C19H22N4OS. The highest BCUT2D eigenvalue weighted by Gasteiger charge is 2.29. The molecule has 2 aromatic carbocycles. The molecular weight excluding hydrogens is 332 g/mol. The minimum Gasteiger partial charge on any atom is -0.271 e. The van der Waals surface area contributed by atoms with Gasteiger partial charge in [0, 0.05) is 10.9 Å². The molecule has 0 bridgehead atoms. The molecule has 2 unspecified atom stereocenters. The van der Waals surface area contributed by atoms with Crippen molar-refractivity contribution in [3.05, 3.63) is 65.2 Å². The molecule has 5 nitrogen and oxygen atoms in total. The lowest BCUT2D eigenvalue weighted by Gasteiger charge is -2.09. The van der Waals surface area contributed by atoms with Crippen LogP contribution in [0.15, 0.2) is 58.5 Å². The van der Waals surface area contributed by atoms with E-state index in [-0.39, 0.29) is 18.0 Å². The first-order chi connectivity index (χ1) is 12.2. The molecule has 3 N–H and O–H groups in total. The summed E-state index contributed by atoms with van der Waals surface area (Å²) in [4.78, 5) is 13.4. The Kier molecular flexibility index (Phi) is 5.86. The normalized spacial score (nSPS) is 20.1. The number of carbonyl (C=O) groups excluding carboxylic acids is 1. The van der Waals surface area contributed by atoms with Crippen LogP contribution in [0.5, 0.6) is 0 Å². The van der Waals surface area contributed by atoms with Crippen LogP contribution < -0.4 is 16.3 Å². The summed E-state index contributed by atoms with van der Waals surface area (Å²) in [7, 11) is 0. The van der Waals surface area contributed by atoms with Gasteiger partial charge in [0.1, 0.15) is 6.04 Å². The SMILES string of the molecule is CSc1ccc(/C=N/NC(=O)C2CC(c3ccc(C)cc3)NN2)cc1. The van der Waals surface area contributed by atoms with Gasteiger partial charge >= 0.3 is 0 Å². The van der Waals surface area contributed by atoms with E-state index in [1.165, 1.54) is 16.0 Å². The molecule has 0 aromatic heterocycles. The van der Waals surface area contributed by atoms with Gasteiger partial charge in [-0.25, -0.2) is 16.3 Å². The standard InChI is InChI=1S/C19H22N4OS/c1-13-3-7-15(8-4-13)17-11-18(22-21-17)19(24)23-20-12-14-5-9-16(25-2)10-6-14/h3-10,12,17-18,21-22H,11H2,1-2H3,(H,23,24)/b20-12+. The van der Waals surface area contributed by atoms with Gasteiger partial charge in [-0.3, -0.25) is 4.79 Å². The number of amides is 1. The van der Waals surface area contributed by atoms with Gasteiger partial charge in [-0.05, 0) is 42.9 Å². The second kappa shape index (κ2) is 8.29. The van der Waals surface area contributed by atoms with E-state index in [0.717, 1.165) is 5.56 Å². The lowest BCUT2D eigenvalue weighted by molar-refractivity contribution is -0.122. The summed E-state index contributed by atoms with van der Waals surface area (Å²) >= 11 is 1.69. The molecule has 1 aliphatic rings. The van der Waals surface area contributed by atoms with Crippen molar-refractivity contribution in [3.63, 3.8) is 0 Å². The molecule has 0 spiro atoms. The molecule has 0 aliphatic carbocycles. The molecule has 130 valence electrons. The molecule has 3 rings (SSSR count). The maximum Gasteiger partial charge on any atom is 0.258 e. The Morgan fingerprint density at radius 1 is 1.16 bits per heavy atom. The fourth-order valence-corrected chi connectivity index (χ4v) is 3.09. The highest BCUT2D eigenvalue weighted by molar-refractivity contribution is 7.98. The first-order valence-corrected chi connectivity index (χ1v) is 9.43. The monoisotopic (exact) mass is 354 g/mol. The zero-order valence-electron chi connectivity index (χ0n) is 14.3. The van der Waals surface area contributed by atoms with E-state index in [4.69, 9.17) is 0 Å². The number of benzene rings is 2. The van der Waals surface area contributed by atoms with Gasteiger partial charge in [-0.2, -0.15) is 5.10 Å². The number of nitrogens with one attached hydrogen (secondary N) is 3. The molecule has 0 saturated carbocycles. The first-order valence-electron chi connectivity index (χ1n) is 8.20. The average molecular weight is 354 g/mol. The molecule has 6 heteroatoms. The van der Waals surface area contributed by atoms with Crippen molar-refractivity contribution in [2.24, 2.45) is 5.10 Å². The topological polar surface area (TPSA) is 65.5 Å². The average Bonchev–Trinajstić information content (AvgIpc) is 3.13. The van der Waals surface area contributed by atoms with Crippen molar-refractivity contribution >= 4 is 23.9 Å². The van der Waals surface area contributed by atoms with Crippen LogP contribution in [-0.2, 0) is 4.79 Å². The van der Waals surface area contributed by atoms with Crippen LogP contribution in [0.25, 0.3) is 0 Å². The van der Waals surface area contributed by atoms with Gasteiger partial charge in [0.2, 0.25) is 0 Å². The zero-order valence-corrected chi connectivity index (χ0v) is 15.1. The zero-order chi connectivity index (χ0) is 17.6. The Hall–Kier alpha value is -2.15. The number of carbonyl (C=O) groups is 1. The predicted molar refractivity (Wildman–Crippen MR) is 103 cm³/mol. The Bertz CT molecular complexity index is 743. The Balaban J connectivity index is 1.51.